The molecular weight excluding hydrogens is 118 g/mol. The van der Waals surface area contributed by atoms with Crippen LogP contribution in [0.25, 0.3) is 0 Å². The standard InChI is InChI=1S/C6H15NO2/c1-4-8-5(2)6(3)9-7/h5-6H,4,7H2,1-3H3. The molecule has 0 saturated carbocycles. The maximum absolute atomic E-state index is 5.19. The minimum absolute atomic E-state index is 0.0232. The van der Waals surface area contributed by atoms with Crippen LogP contribution in [0.1, 0.15) is 20.8 Å². The maximum atomic E-state index is 5.19. The van der Waals surface area contributed by atoms with Crippen LogP contribution in [0, 0.1) is 0 Å². The summed E-state index contributed by atoms with van der Waals surface area (Å²) in [5.74, 6) is 4.92. The van der Waals surface area contributed by atoms with Gasteiger partial charge in [-0.15, -0.1) is 0 Å². The molecule has 0 spiro atoms. The zero-order valence-corrected chi connectivity index (χ0v) is 6.26. The summed E-state index contributed by atoms with van der Waals surface area (Å²) in [5.41, 5.74) is 0. The second-order valence-electron chi connectivity index (χ2n) is 2.00. The minimum Gasteiger partial charge on any atom is -0.376 e. The summed E-state index contributed by atoms with van der Waals surface area (Å²) in [7, 11) is 0. The lowest BCUT2D eigenvalue weighted by atomic mass is 10.3. The monoisotopic (exact) mass is 133 g/mol. The number of nitrogens with two attached hydrogens (primary N) is 1. The number of hydrogen-bond donors (Lipinski definition) is 1. The Morgan fingerprint density at radius 1 is 1.33 bits per heavy atom. The molecule has 0 aromatic carbocycles. The van der Waals surface area contributed by atoms with Crippen molar-refractivity contribution in [1.82, 2.24) is 0 Å². The van der Waals surface area contributed by atoms with Gasteiger partial charge in [-0.3, -0.25) is 4.84 Å². The normalized spacial score (nSPS) is 17.3. The molecule has 0 aromatic rings. The Morgan fingerprint density at radius 2 is 1.89 bits per heavy atom. The first-order valence-corrected chi connectivity index (χ1v) is 3.19. The zero-order valence-electron chi connectivity index (χ0n) is 6.26. The van der Waals surface area contributed by atoms with Crippen molar-refractivity contribution in [3.63, 3.8) is 0 Å². The quantitative estimate of drug-likeness (QED) is 0.574. The van der Waals surface area contributed by atoms with Crippen LogP contribution in [0.15, 0.2) is 0 Å². The van der Waals surface area contributed by atoms with Gasteiger partial charge in [-0.05, 0) is 20.8 Å². The second kappa shape index (κ2) is 4.73. The fourth-order valence-corrected chi connectivity index (χ4v) is 0.509. The topological polar surface area (TPSA) is 44.5 Å². The van der Waals surface area contributed by atoms with Crippen molar-refractivity contribution in [2.24, 2.45) is 5.90 Å². The van der Waals surface area contributed by atoms with Gasteiger partial charge >= 0.3 is 0 Å². The molecule has 3 nitrogen and oxygen atoms in total. The van der Waals surface area contributed by atoms with Crippen LogP contribution in [0.4, 0.5) is 0 Å². The fourth-order valence-electron chi connectivity index (χ4n) is 0.509. The first-order chi connectivity index (χ1) is 4.22. The van der Waals surface area contributed by atoms with E-state index < -0.39 is 0 Å². The van der Waals surface area contributed by atoms with Crippen LogP contribution >= 0.6 is 0 Å². The number of rotatable bonds is 4. The predicted octanol–water partition coefficient (Wildman–Crippen LogP) is 0.690. The third-order valence-corrected chi connectivity index (χ3v) is 1.31. The minimum atomic E-state index is -0.0232. The smallest absolute Gasteiger partial charge is 0.102 e. The van der Waals surface area contributed by atoms with Crippen molar-refractivity contribution >= 4 is 0 Å². The van der Waals surface area contributed by atoms with Gasteiger partial charge in [0.15, 0.2) is 0 Å². The van der Waals surface area contributed by atoms with E-state index in [1.54, 1.807) is 0 Å². The maximum Gasteiger partial charge on any atom is 0.102 e. The summed E-state index contributed by atoms with van der Waals surface area (Å²) < 4.78 is 5.19. The van der Waals surface area contributed by atoms with Crippen LogP contribution < -0.4 is 5.90 Å². The molecule has 0 aliphatic heterocycles. The molecule has 0 bridgehead atoms. The van der Waals surface area contributed by atoms with E-state index in [0.29, 0.717) is 6.61 Å². The van der Waals surface area contributed by atoms with Gasteiger partial charge in [0.05, 0.1) is 6.10 Å². The highest BCUT2D eigenvalue weighted by Gasteiger charge is 2.09. The third-order valence-electron chi connectivity index (χ3n) is 1.31. The highest BCUT2D eigenvalue weighted by Crippen LogP contribution is 1.98. The second-order valence-corrected chi connectivity index (χ2v) is 2.00. The summed E-state index contributed by atoms with van der Waals surface area (Å²) in [5, 5.41) is 0. The van der Waals surface area contributed by atoms with E-state index >= 15 is 0 Å². The molecule has 0 rings (SSSR count). The molecular formula is C6H15NO2. The molecule has 0 fully saturated rings. The third kappa shape index (κ3) is 3.46. The van der Waals surface area contributed by atoms with E-state index in [0.717, 1.165) is 0 Å². The Hall–Kier alpha value is -0.120. The van der Waals surface area contributed by atoms with Crippen molar-refractivity contribution in [1.29, 1.82) is 0 Å². The Kier molecular flexibility index (Phi) is 4.67. The lowest BCUT2D eigenvalue weighted by Crippen LogP contribution is -2.28. The number of hydrogen-bond acceptors (Lipinski definition) is 3. The lowest BCUT2D eigenvalue weighted by molar-refractivity contribution is -0.0540. The average molecular weight is 133 g/mol. The van der Waals surface area contributed by atoms with Gasteiger partial charge < -0.3 is 4.74 Å². The molecule has 0 aromatic heterocycles. The number of ether oxygens (including phenoxy) is 1. The summed E-state index contributed by atoms with van der Waals surface area (Å²) in [6, 6.07) is 0. The SMILES string of the molecule is CCOC(C)C(C)ON. The van der Waals surface area contributed by atoms with E-state index in [1.165, 1.54) is 0 Å². The summed E-state index contributed by atoms with van der Waals surface area (Å²) in [4.78, 5) is 4.54. The average Bonchev–Trinajstić information content (AvgIpc) is 1.87. The molecule has 0 heterocycles. The Labute approximate surface area is 56.1 Å². The van der Waals surface area contributed by atoms with Crippen LogP contribution in [0.5, 0.6) is 0 Å². The highest BCUT2D eigenvalue weighted by atomic mass is 16.6. The fraction of sp³-hybridized carbons (Fsp3) is 1.00. The van der Waals surface area contributed by atoms with Gasteiger partial charge in [-0.25, -0.2) is 5.90 Å². The van der Waals surface area contributed by atoms with E-state index in [1.807, 2.05) is 20.8 Å². The van der Waals surface area contributed by atoms with Crippen molar-refractivity contribution in [3.8, 4) is 0 Å². The zero-order chi connectivity index (χ0) is 7.28. The van der Waals surface area contributed by atoms with Crippen LogP contribution in [0.3, 0.4) is 0 Å². The summed E-state index contributed by atoms with van der Waals surface area (Å²) in [6.45, 7) is 6.45. The first kappa shape index (κ1) is 8.88. The highest BCUT2D eigenvalue weighted by molar-refractivity contribution is 4.57. The molecule has 9 heavy (non-hydrogen) atoms. The van der Waals surface area contributed by atoms with Gasteiger partial charge in [-0.2, -0.15) is 0 Å². The van der Waals surface area contributed by atoms with Crippen LogP contribution in [0.2, 0.25) is 0 Å². The predicted molar refractivity (Wildman–Crippen MR) is 35.8 cm³/mol. The first-order valence-electron chi connectivity index (χ1n) is 3.19. The molecule has 0 radical (unpaired) electrons. The van der Waals surface area contributed by atoms with Gasteiger partial charge in [0, 0.05) is 6.61 Å². The summed E-state index contributed by atoms with van der Waals surface area (Å²) >= 11 is 0. The van der Waals surface area contributed by atoms with Crippen molar-refractivity contribution < 1.29 is 9.57 Å². The van der Waals surface area contributed by atoms with Crippen molar-refractivity contribution in [2.75, 3.05) is 6.61 Å². The Bertz CT molecular complexity index is 68.1. The van der Waals surface area contributed by atoms with Crippen LogP contribution in [-0.2, 0) is 9.57 Å². The molecule has 2 N–H and O–H groups in total. The van der Waals surface area contributed by atoms with Gasteiger partial charge in [0.25, 0.3) is 0 Å². The molecule has 0 aliphatic carbocycles. The Balaban J connectivity index is 3.32. The van der Waals surface area contributed by atoms with E-state index in [4.69, 9.17) is 10.6 Å². The van der Waals surface area contributed by atoms with Crippen LogP contribution in [-0.4, -0.2) is 18.8 Å². The van der Waals surface area contributed by atoms with E-state index in [9.17, 15) is 0 Å². The van der Waals surface area contributed by atoms with Gasteiger partial charge in [0.1, 0.15) is 6.10 Å². The van der Waals surface area contributed by atoms with Gasteiger partial charge in [-0.1, -0.05) is 0 Å². The molecule has 0 amide bonds. The van der Waals surface area contributed by atoms with E-state index in [2.05, 4.69) is 4.84 Å². The molecule has 2 unspecified atom stereocenters. The molecule has 0 aliphatic rings. The van der Waals surface area contributed by atoms with Crippen molar-refractivity contribution in [2.45, 2.75) is 33.0 Å². The lowest BCUT2D eigenvalue weighted by Gasteiger charge is -2.16. The molecule has 2 atom stereocenters. The molecule has 3 heteroatoms. The largest absolute Gasteiger partial charge is 0.376 e. The molecule has 56 valence electrons. The van der Waals surface area contributed by atoms with Crippen molar-refractivity contribution in [3.05, 3.63) is 0 Å². The summed E-state index contributed by atoms with van der Waals surface area (Å²) in [6.07, 6.45) is 0.0601. The van der Waals surface area contributed by atoms with E-state index in [-0.39, 0.29) is 12.2 Å². The van der Waals surface area contributed by atoms with Gasteiger partial charge in [0.2, 0.25) is 0 Å². The Morgan fingerprint density at radius 3 is 2.22 bits per heavy atom. The molecule has 0 saturated heterocycles.